The molecule has 22 heavy (non-hydrogen) atoms. The summed E-state index contributed by atoms with van der Waals surface area (Å²) in [5.74, 6) is -2.63. The van der Waals surface area contributed by atoms with Gasteiger partial charge >= 0.3 is 11.9 Å². The van der Waals surface area contributed by atoms with Crippen LogP contribution in [0, 0.1) is 5.41 Å². The zero-order valence-corrected chi connectivity index (χ0v) is 12.9. The van der Waals surface area contributed by atoms with Gasteiger partial charge < -0.3 is 19.4 Å². The summed E-state index contributed by atoms with van der Waals surface area (Å²) in [6.45, 7) is 5.17. The number of ether oxygens (including phenoxy) is 2. The summed E-state index contributed by atoms with van der Waals surface area (Å²) in [5.41, 5.74) is -0.926. The second kappa shape index (κ2) is 7.59. The van der Waals surface area contributed by atoms with E-state index in [-0.39, 0.29) is 30.3 Å². The maximum Gasteiger partial charge on any atom is 0.338 e. The number of benzene rings is 1. The highest BCUT2D eigenvalue weighted by molar-refractivity contribution is 6.01. The molecular formula is C16H19O6-. The molecule has 6 nitrogen and oxygen atoms in total. The van der Waals surface area contributed by atoms with Crippen LogP contribution in [-0.2, 0) is 14.3 Å². The summed E-state index contributed by atoms with van der Waals surface area (Å²) in [6.07, 6.45) is 0.630. The predicted molar refractivity (Wildman–Crippen MR) is 76.1 cm³/mol. The number of aromatic carboxylic acids is 1. The Bertz CT molecular complexity index is 562. The number of hydrogen-bond donors (Lipinski definition) is 0. The second-order valence-corrected chi connectivity index (χ2v) is 5.34. The molecule has 0 saturated carbocycles. The molecule has 1 aromatic carbocycles. The molecule has 0 saturated heterocycles. The van der Waals surface area contributed by atoms with Crippen molar-refractivity contribution in [2.45, 2.75) is 27.2 Å². The molecule has 0 bridgehead atoms. The van der Waals surface area contributed by atoms with Gasteiger partial charge in [0, 0.05) is 5.56 Å². The Labute approximate surface area is 129 Å². The Morgan fingerprint density at radius 1 is 1.05 bits per heavy atom. The minimum Gasteiger partial charge on any atom is -0.545 e. The highest BCUT2D eigenvalue weighted by atomic mass is 16.6. The molecule has 0 atom stereocenters. The van der Waals surface area contributed by atoms with Crippen molar-refractivity contribution in [3.05, 3.63) is 35.4 Å². The van der Waals surface area contributed by atoms with E-state index in [1.54, 1.807) is 13.8 Å². The molecule has 0 aliphatic heterocycles. The zero-order chi connectivity index (χ0) is 16.8. The lowest BCUT2D eigenvalue weighted by Crippen LogP contribution is -2.28. The lowest BCUT2D eigenvalue weighted by atomic mass is 9.91. The van der Waals surface area contributed by atoms with Gasteiger partial charge in [0.1, 0.15) is 13.2 Å². The Hall–Kier alpha value is -2.37. The van der Waals surface area contributed by atoms with Crippen LogP contribution in [0.15, 0.2) is 24.3 Å². The van der Waals surface area contributed by atoms with E-state index < -0.39 is 17.4 Å². The topological polar surface area (TPSA) is 92.7 Å². The van der Waals surface area contributed by atoms with Crippen LogP contribution >= 0.6 is 0 Å². The fourth-order valence-electron chi connectivity index (χ4n) is 1.53. The number of carbonyl (C=O) groups is 3. The molecule has 0 radical (unpaired) electrons. The average molecular weight is 307 g/mol. The molecule has 0 aromatic heterocycles. The first-order valence-electron chi connectivity index (χ1n) is 6.94. The number of hydrogen-bond acceptors (Lipinski definition) is 6. The Kier molecular flexibility index (Phi) is 6.10. The van der Waals surface area contributed by atoms with E-state index >= 15 is 0 Å². The largest absolute Gasteiger partial charge is 0.545 e. The van der Waals surface area contributed by atoms with Gasteiger partial charge in [-0.15, -0.1) is 0 Å². The summed E-state index contributed by atoms with van der Waals surface area (Å²) >= 11 is 0. The second-order valence-electron chi connectivity index (χ2n) is 5.34. The van der Waals surface area contributed by atoms with Gasteiger partial charge in [0.15, 0.2) is 0 Å². The first kappa shape index (κ1) is 17.7. The molecule has 0 fully saturated rings. The minimum absolute atomic E-state index is 0.0819. The van der Waals surface area contributed by atoms with Gasteiger partial charge in [0.2, 0.25) is 0 Å². The monoisotopic (exact) mass is 307 g/mol. The van der Waals surface area contributed by atoms with E-state index in [2.05, 4.69) is 0 Å². The zero-order valence-electron chi connectivity index (χ0n) is 12.9. The number of esters is 2. The van der Waals surface area contributed by atoms with E-state index in [0.717, 1.165) is 0 Å². The van der Waals surface area contributed by atoms with Gasteiger partial charge in [-0.2, -0.15) is 0 Å². The van der Waals surface area contributed by atoms with Crippen LogP contribution in [0.1, 0.15) is 47.9 Å². The summed E-state index contributed by atoms with van der Waals surface area (Å²) in [5, 5.41) is 10.9. The number of carbonyl (C=O) groups excluding carboxylic acids is 3. The third-order valence-electron chi connectivity index (χ3n) is 3.35. The van der Waals surface area contributed by atoms with Crippen molar-refractivity contribution in [2.24, 2.45) is 5.41 Å². The van der Waals surface area contributed by atoms with Gasteiger partial charge in [-0.25, -0.2) is 4.79 Å². The summed E-state index contributed by atoms with van der Waals surface area (Å²) < 4.78 is 9.93. The summed E-state index contributed by atoms with van der Waals surface area (Å²) in [7, 11) is 0. The van der Waals surface area contributed by atoms with Crippen LogP contribution in [0.2, 0.25) is 0 Å². The molecule has 0 heterocycles. The van der Waals surface area contributed by atoms with Crippen LogP contribution in [0.4, 0.5) is 0 Å². The maximum atomic E-state index is 11.8. The fraction of sp³-hybridized carbons (Fsp3) is 0.438. The van der Waals surface area contributed by atoms with Crippen molar-refractivity contribution < 1.29 is 29.0 Å². The van der Waals surface area contributed by atoms with Gasteiger partial charge in [-0.05, 0) is 26.3 Å². The molecule has 6 heteroatoms. The number of carboxylic acid groups (broad SMARTS) is 1. The first-order valence-corrected chi connectivity index (χ1v) is 6.94. The predicted octanol–water partition coefficient (Wildman–Crippen LogP) is 1.19. The third kappa shape index (κ3) is 4.58. The van der Waals surface area contributed by atoms with Gasteiger partial charge in [0.25, 0.3) is 0 Å². The normalized spacial score (nSPS) is 10.9. The van der Waals surface area contributed by atoms with E-state index in [9.17, 15) is 19.5 Å². The Balaban J connectivity index is 2.52. The van der Waals surface area contributed by atoms with Crippen molar-refractivity contribution in [3.63, 3.8) is 0 Å². The standard InChI is InChI=1S/C16H20O6/c1-4-16(2,3)15(20)22-10-9-21-14(19)12-8-6-5-7-11(12)13(17)18/h5-8H,4,9-10H2,1-3H3,(H,17,18)/p-1. The highest BCUT2D eigenvalue weighted by Crippen LogP contribution is 2.21. The minimum atomic E-state index is -1.45. The van der Waals surface area contributed by atoms with Crippen molar-refractivity contribution in [3.8, 4) is 0 Å². The van der Waals surface area contributed by atoms with Crippen LogP contribution in [0.5, 0.6) is 0 Å². The van der Waals surface area contributed by atoms with Gasteiger partial charge in [0.05, 0.1) is 16.9 Å². The van der Waals surface area contributed by atoms with Crippen LogP contribution in [-0.4, -0.2) is 31.1 Å². The van der Waals surface area contributed by atoms with Crippen molar-refractivity contribution in [2.75, 3.05) is 13.2 Å². The summed E-state index contributed by atoms with van der Waals surface area (Å²) in [4.78, 5) is 34.4. The average Bonchev–Trinajstić information content (AvgIpc) is 2.50. The smallest absolute Gasteiger partial charge is 0.338 e. The Morgan fingerprint density at radius 2 is 1.59 bits per heavy atom. The van der Waals surface area contributed by atoms with E-state index in [1.807, 2.05) is 6.92 Å². The van der Waals surface area contributed by atoms with E-state index in [4.69, 9.17) is 9.47 Å². The van der Waals surface area contributed by atoms with Gasteiger partial charge in [-0.3, -0.25) is 4.79 Å². The van der Waals surface area contributed by atoms with Crippen molar-refractivity contribution in [1.82, 2.24) is 0 Å². The molecule has 1 rings (SSSR count). The van der Waals surface area contributed by atoms with Crippen LogP contribution in [0.25, 0.3) is 0 Å². The SMILES string of the molecule is CCC(C)(C)C(=O)OCCOC(=O)c1ccccc1C(=O)[O-]. The molecule has 0 unspecified atom stereocenters. The molecule has 120 valence electrons. The molecule has 0 N–H and O–H groups in total. The first-order chi connectivity index (χ1) is 10.3. The molecule has 0 aliphatic rings. The van der Waals surface area contributed by atoms with Crippen molar-refractivity contribution >= 4 is 17.9 Å². The van der Waals surface area contributed by atoms with Crippen molar-refractivity contribution in [1.29, 1.82) is 0 Å². The number of carboxylic acids is 1. The quantitative estimate of drug-likeness (QED) is 0.555. The highest BCUT2D eigenvalue weighted by Gasteiger charge is 2.26. The molecule has 0 aliphatic carbocycles. The van der Waals surface area contributed by atoms with Crippen LogP contribution in [0.3, 0.4) is 0 Å². The molecule has 0 spiro atoms. The van der Waals surface area contributed by atoms with Crippen LogP contribution < -0.4 is 5.11 Å². The fourth-order valence-corrected chi connectivity index (χ4v) is 1.53. The molecular weight excluding hydrogens is 288 g/mol. The Morgan fingerprint density at radius 3 is 2.14 bits per heavy atom. The van der Waals surface area contributed by atoms with E-state index in [0.29, 0.717) is 6.42 Å². The number of rotatable bonds is 7. The van der Waals surface area contributed by atoms with E-state index in [1.165, 1.54) is 24.3 Å². The molecule has 0 amide bonds. The summed E-state index contributed by atoms with van der Waals surface area (Å²) in [6, 6.07) is 5.60. The van der Waals surface area contributed by atoms with Gasteiger partial charge in [-0.1, -0.05) is 25.1 Å². The molecule has 1 aromatic rings. The maximum absolute atomic E-state index is 11.8. The lowest BCUT2D eigenvalue weighted by Gasteiger charge is -2.20. The lowest BCUT2D eigenvalue weighted by molar-refractivity contribution is -0.255. The third-order valence-corrected chi connectivity index (χ3v) is 3.35.